The minimum Gasteiger partial charge on any atom is -0.612 e. The molecule has 2 unspecified atom stereocenters. The van der Waals surface area contributed by atoms with Gasteiger partial charge < -0.3 is 14.2 Å². The van der Waals surface area contributed by atoms with E-state index in [9.17, 15) is 22.6 Å². The van der Waals surface area contributed by atoms with E-state index in [1.165, 1.54) is 26.3 Å². The Morgan fingerprint density at radius 2 is 1.55 bits per heavy atom. The molecule has 2 aliphatic rings. The number of rotatable bonds is 6. The Hall–Kier alpha value is -3.47. The van der Waals surface area contributed by atoms with Crippen LogP contribution in [0.5, 0.6) is 0 Å². The molecule has 0 bridgehead atoms. The summed E-state index contributed by atoms with van der Waals surface area (Å²) in [4.78, 5) is 32.6. The number of nitrogens with zero attached hydrogens (tertiary/aromatic N) is 2. The smallest absolute Gasteiger partial charge is 0.331 e. The number of carbonyl (C=O) groups excluding carboxylic acids is 2. The Labute approximate surface area is 224 Å². The summed E-state index contributed by atoms with van der Waals surface area (Å²) in [6.07, 6.45) is 2.04. The van der Waals surface area contributed by atoms with Crippen molar-refractivity contribution in [3.63, 3.8) is 0 Å². The minimum atomic E-state index is -4.11. The number of hydrogen-bond acceptors (Lipinski definition) is 7. The van der Waals surface area contributed by atoms with E-state index in [1.54, 1.807) is 18.2 Å². The molecule has 3 aromatic rings. The van der Waals surface area contributed by atoms with Gasteiger partial charge in [0, 0.05) is 6.20 Å². The second kappa shape index (κ2) is 9.68. The zero-order valence-electron chi connectivity index (χ0n) is 21.0. The van der Waals surface area contributed by atoms with Gasteiger partial charge in [-0.3, -0.25) is 9.78 Å². The van der Waals surface area contributed by atoms with Crippen molar-refractivity contribution in [1.29, 1.82) is 0 Å². The summed E-state index contributed by atoms with van der Waals surface area (Å²) >= 11 is -1.71. The summed E-state index contributed by atoms with van der Waals surface area (Å²) in [5, 5.41) is -1.42. The summed E-state index contributed by atoms with van der Waals surface area (Å²) in [5.74, 6) is -1.50. The number of fused-ring (bicyclic) bond motifs is 1. The molecule has 196 valence electrons. The number of hydrogen-bond donors (Lipinski definition) is 0. The van der Waals surface area contributed by atoms with Crippen molar-refractivity contribution in [2.24, 2.45) is 0 Å². The molecular formula is C28H26N2O6S2. The van der Waals surface area contributed by atoms with E-state index in [2.05, 4.69) is 4.98 Å². The van der Waals surface area contributed by atoms with Crippen molar-refractivity contribution in [3.8, 4) is 0 Å². The molecule has 2 aliphatic heterocycles. The molecule has 2 saturated heterocycles. The van der Waals surface area contributed by atoms with Crippen LogP contribution in [0.25, 0.3) is 4.91 Å². The molecule has 1 amide bonds. The van der Waals surface area contributed by atoms with Crippen molar-refractivity contribution in [2.45, 2.75) is 36.1 Å². The van der Waals surface area contributed by atoms with Crippen LogP contribution >= 0.6 is 0 Å². The van der Waals surface area contributed by atoms with Gasteiger partial charge in [-0.1, -0.05) is 66.7 Å². The van der Waals surface area contributed by atoms with Crippen LogP contribution in [0.15, 0.2) is 90.6 Å². The second-order valence-corrected chi connectivity index (χ2v) is 13.6. The minimum absolute atomic E-state index is 0.0525. The number of aromatic nitrogens is 1. The first kappa shape index (κ1) is 26.1. The first-order valence-corrected chi connectivity index (χ1v) is 15.0. The molecule has 3 atom stereocenters. The van der Waals surface area contributed by atoms with E-state index >= 15 is 0 Å². The van der Waals surface area contributed by atoms with Gasteiger partial charge in [0.2, 0.25) is 0 Å². The van der Waals surface area contributed by atoms with Gasteiger partial charge in [-0.25, -0.2) is 13.2 Å². The first-order valence-electron chi connectivity index (χ1n) is 11.9. The number of ether oxygens (including phenoxy) is 1. The highest BCUT2D eigenvalue weighted by molar-refractivity contribution is 8.00. The van der Waals surface area contributed by atoms with Gasteiger partial charge in [0.15, 0.2) is 32.3 Å². The third-order valence-corrected chi connectivity index (χ3v) is 10.8. The maximum atomic E-state index is 13.8. The molecule has 10 heteroatoms. The summed E-state index contributed by atoms with van der Waals surface area (Å²) in [6, 6.07) is 21.7. The standard InChI is InChI=1S/C28H26N2O6S2/c1-28(2)24(27(32)36-22(18-12-6-4-7-13-18)19-14-8-5-9-15-19)30-25(31)21(26(30)38(28,34)35)23(37(3)33)20-16-10-11-17-29-20/h4-17,22,24,26H,1-3H3/b23-21+/t24-,26?,37?/m0/s1. The highest BCUT2D eigenvalue weighted by Gasteiger charge is 2.72. The molecule has 0 saturated carbocycles. The molecule has 5 rings (SSSR count). The van der Waals surface area contributed by atoms with Crippen LogP contribution in [-0.2, 0) is 35.3 Å². The lowest BCUT2D eigenvalue weighted by molar-refractivity contribution is -0.160. The molecule has 0 aliphatic carbocycles. The lowest BCUT2D eigenvalue weighted by Crippen LogP contribution is -2.59. The van der Waals surface area contributed by atoms with Crippen LogP contribution in [0.4, 0.5) is 0 Å². The lowest BCUT2D eigenvalue weighted by atomic mass is 9.94. The van der Waals surface area contributed by atoms with Gasteiger partial charge in [-0.05, 0) is 48.3 Å². The number of sulfone groups is 1. The van der Waals surface area contributed by atoms with E-state index in [-0.39, 0.29) is 16.2 Å². The average Bonchev–Trinajstić information content (AvgIpc) is 3.05. The Kier molecular flexibility index (Phi) is 6.66. The van der Waals surface area contributed by atoms with E-state index in [0.29, 0.717) is 11.1 Å². The number of amides is 1. The maximum absolute atomic E-state index is 13.8. The topological polar surface area (TPSA) is 117 Å². The lowest BCUT2D eigenvalue weighted by Gasteiger charge is -2.39. The van der Waals surface area contributed by atoms with Gasteiger partial charge in [-0.15, -0.1) is 0 Å². The molecule has 8 nitrogen and oxygen atoms in total. The van der Waals surface area contributed by atoms with Gasteiger partial charge >= 0.3 is 5.97 Å². The van der Waals surface area contributed by atoms with Crippen LogP contribution in [0.1, 0.15) is 36.8 Å². The number of β-lactam (4-membered cyclic amide) rings is 1. The van der Waals surface area contributed by atoms with Crippen molar-refractivity contribution in [2.75, 3.05) is 6.26 Å². The molecular weight excluding hydrogens is 524 g/mol. The molecule has 1 aromatic heterocycles. The Balaban J connectivity index is 1.56. The van der Waals surface area contributed by atoms with Gasteiger partial charge in [0.1, 0.15) is 22.3 Å². The van der Waals surface area contributed by atoms with Crippen molar-refractivity contribution in [1.82, 2.24) is 9.88 Å². The predicted octanol–water partition coefficient (Wildman–Crippen LogP) is 3.25. The summed E-state index contributed by atoms with van der Waals surface area (Å²) in [7, 11) is -4.11. The fraction of sp³-hybridized carbons (Fsp3) is 0.250. The van der Waals surface area contributed by atoms with Crippen LogP contribution in [0, 0.1) is 0 Å². The van der Waals surface area contributed by atoms with Crippen LogP contribution in [-0.4, -0.2) is 57.1 Å². The van der Waals surface area contributed by atoms with Crippen molar-refractivity contribution >= 4 is 37.8 Å². The van der Waals surface area contributed by atoms with Gasteiger partial charge in [0.05, 0.1) is 0 Å². The Morgan fingerprint density at radius 1 is 1.00 bits per heavy atom. The molecule has 3 heterocycles. The van der Waals surface area contributed by atoms with Gasteiger partial charge in [0.25, 0.3) is 5.91 Å². The predicted molar refractivity (Wildman–Crippen MR) is 143 cm³/mol. The maximum Gasteiger partial charge on any atom is 0.331 e. The van der Waals surface area contributed by atoms with Crippen LogP contribution in [0.2, 0.25) is 0 Å². The quantitative estimate of drug-likeness (QED) is 0.200. The number of benzene rings is 2. The summed E-state index contributed by atoms with van der Waals surface area (Å²) < 4.78 is 44.6. The Morgan fingerprint density at radius 3 is 2.05 bits per heavy atom. The monoisotopic (exact) mass is 550 g/mol. The number of esters is 1. The zero-order chi connectivity index (χ0) is 27.2. The second-order valence-electron chi connectivity index (χ2n) is 9.67. The molecule has 2 aromatic carbocycles. The third kappa shape index (κ3) is 4.03. The fourth-order valence-electron chi connectivity index (χ4n) is 5.07. The SMILES string of the molecule is C[S+]([O-])/C(=C1\C(=O)N2C1S(=O)(=O)C(C)(C)[C@@H]2C(=O)OC(c1ccccc1)c1ccccc1)c1ccccn1. The highest BCUT2D eigenvalue weighted by atomic mass is 32.2. The molecule has 0 spiro atoms. The fourth-order valence-corrected chi connectivity index (χ4v) is 8.21. The van der Waals surface area contributed by atoms with E-state index in [1.807, 2.05) is 60.7 Å². The van der Waals surface area contributed by atoms with E-state index in [4.69, 9.17) is 4.74 Å². The summed E-state index contributed by atoms with van der Waals surface area (Å²) in [6.45, 7) is 2.84. The van der Waals surface area contributed by atoms with Crippen molar-refractivity contribution < 1.29 is 27.3 Å². The van der Waals surface area contributed by atoms with Gasteiger partial charge in [-0.2, -0.15) is 0 Å². The molecule has 0 radical (unpaired) electrons. The normalized spacial score (nSPS) is 23.4. The van der Waals surface area contributed by atoms with E-state index < -0.39 is 55.2 Å². The van der Waals surface area contributed by atoms with E-state index in [0.717, 1.165) is 4.90 Å². The number of carbonyl (C=O) groups is 2. The zero-order valence-corrected chi connectivity index (χ0v) is 22.6. The third-order valence-electron chi connectivity index (χ3n) is 7.02. The Bertz CT molecular complexity index is 1470. The highest BCUT2D eigenvalue weighted by Crippen LogP contribution is 2.51. The first-order chi connectivity index (χ1) is 18.1. The number of pyridine rings is 1. The van der Waals surface area contributed by atoms with Crippen molar-refractivity contribution in [3.05, 3.63) is 107 Å². The molecule has 2 fully saturated rings. The molecule has 0 N–H and O–H groups in total. The summed E-state index contributed by atoms with van der Waals surface area (Å²) in [5.41, 5.74) is 1.55. The van der Waals surface area contributed by atoms with Crippen LogP contribution < -0.4 is 0 Å². The average molecular weight is 551 g/mol. The van der Waals surface area contributed by atoms with Crippen LogP contribution in [0.3, 0.4) is 0 Å². The largest absolute Gasteiger partial charge is 0.612 e. The molecule has 38 heavy (non-hydrogen) atoms.